The first-order chi connectivity index (χ1) is 16.6. The van der Waals surface area contributed by atoms with Gasteiger partial charge in [-0.2, -0.15) is 6.20 Å². The molecule has 4 nitrogen and oxygen atoms in total. The second-order valence-corrected chi connectivity index (χ2v) is 33.1. The number of rotatable bonds is 9. The summed E-state index contributed by atoms with van der Waals surface area (Å²) in [5, 5.41) is 0. The zero-order chi connectivity index (χ0) is 29.1. The smallest absolute Gasteiger partial charge is 0.668 e. The summed E-state index contributed by atoms with van der Waals surface area (Å²) >= 11 is 0. The molecule has 0 aliphatic carbocycles. The van der Waals surface area contributed by atoms with E-state index in [4.69, 9.17) is 14.3 Å². The summed E-state index contributed by atoms with van der Waals surface area (Å²) in [4.78, 5) is 8.93. The molecule has 1 radical (unpaired) electrons. The number of hydrogen-bond donors (Lipinski definition) is 0. The van der Waals surface area contributed by atoms with Crippen molar-refractivity contribution >= 4 is 44.8 Å². The van der Waals surface area contributed by atoms with Crippen molar-refractivity contribution in [3.05, 3.63) is 62.6 Å². The quantitative estimate of drug-likeness (QED) is 0.187. The molecule has 0 saturated carbocycles. The molecule has 217 valence electrons. The van der Waals surface area contributed by atoms with E-state index >= 15 is 0 Å². The fourth-order valence-electron chi connectivity index (χ4n) is 4.24. The van der Waals surface area contributed by atoms with Gasteiger partial charge in [0.05, 0.1) is 5.69 Å². The van der Waals surface area contributed by atoms with Crippen LogP contribution in [0.15, 0.2) is 41.5 Å². The van der Waals surface area contributed by atoms with Crippen molar-refractivity contribution in [3.63, 3.8) is 0 Å². The maximum absolute atomic E-state index is 4.82. The molecule has 0 N–H and O–H groups in total. The first-order valence-corrected chi connectivity index (χ1v) is 27.6. The van der Waals surface area contributed by atoms with E-state index in [1.807, 2.05) is 18.3 Å². The largest absolute Gasteiger partial charge is 3.00 e. The van der Waals surface area contributed by atoms with Gasteiger partial charge in [0.25, 0.3) is 0 Å². The van der Waals surface area contributed by atoms with E-state index < -0.39 is 32.9 Å². The van der Waals surface area contributed by atoms with Crippen LogP contribution in [0.25, 0.3) is 9.30 Å². The molecular weight excluding hydrogens is 674 g/mol. The van der Waals surface area contributed by atoms with Gasteiger partial charge in [-0.1, -0.05) is 169 Å². The summed E-state index contributed by atoms with van der Waals surface area (Å²) in [6.45, 7) is 34.2. The minimum Gasteiger partial charge on any atom is -0.668 e. The van der Waals surface area contributed by atoms with Gasteiger partial charge < -0.3 is 14.3 Å². The van der Waals surface area contributed by atoms with Gasteiger partial charge >= 0.3 is 39.9 Å². The number of benzene rings is 1. The van der Waals surface area contributed by atoms with Crippen LogP contribution >= 0.6 is 0 Å². The Morgan fingerprint density at radius 1 is 0.763 bits per heavy atom. The number of aliphatic imine (C=N–C) groups is 1. The van der Waals surface area contributed by atoms with Crippen LogP contribution in [-0.4, -0.2) is 39.2 Å². The zero-order valence-corrected chi connectivity index (χ0v) is 33.4. The molecule has 0 aliphatic heterocycles. The molecule has 0 amide bonds. The Morgan fingerprint density at radius 2 is 1.24 bits per heavy atom. The van der Waals surface area contributed by atoms with E-state index in [1.165, 1.54) is 11.1 Å². The van der Waals surface area contributed by atoms with Crippen LogP contribution in [0.1, 0.15) is 49.9 Å². The van der Waals surface area contributed by atoms with Crippen molar-refractivity contribution in [1.29, 1.82) is 0 Å². The Balaban J connectivity index is 0. The fourth-order valence-corrected chi connectivity index (χ4v) is 20.3. The van der Waals surface area contributed by atoms with Crippen LogP contribution in [0.3, 0.4) is 0 Å². The molecular formula is C29H57GdN4Si4. The van der Waals surface area contributed by atoms with Crippen LogP contribution in [0, 0.1) is 39.9 Å². The second kappa shape index (κ2) is 18.0. The molecule has 0 fully saturated rings. The molecule has 0 aliphatic rings. The van der Waals surface area contributed by atoms with Crippen molar-refractivity contribution in [3.8, 4) is 0 Å². The van der Waals surface area contributed by atoms with Gasteiger partial charge in [0, 0.05) is 6.21 Å². The fraction of sp³-hybridized carbons (Fsp3) is 0.621. The van der Waals surface area contributed by atoms with E-state index in [2.05, 4.69) is 123 Å². The molecule has 0 spiro atoms. The summed E-state index contributed by atoms with van der Waals surface area (Å²) in [6.07, 6.45) is 5.86. The molecule has 1 heterocycles. The van der Waals surface area contributed by atoms with E-state index in [9.17, 15) is 0 Å². The summed E-state index contributed by atoms with van der Waals surface area (Å²) in [5.74, 6) is 0.483. The van der Waals surface area contributed by atoms with Gasteiger partial charge in [0.2, 0.25) is 0 Å². The van der Waals surface area contributed by atoms with Crippen LogP contribution in [0.2, 0.25) is 78.6 Å². The minimum atomic E-state index is -1.11. The predicted octanol–water partition coefficient (Wildman–Crippen LogP) is 10.5. The molecule has 0 atom stereocenters. The summed E-state index contributed by atoms with van der Waals surface area (Å²) in [6, 6.07) is 10.4. The van der Waals surface area contributed by atoms with Crippen molar-refractivity contribution in [2.75, 3.05) is 0 Å². The average molecular weight is 731 g/mol. The number of aryl methyl sites for hydroxylation is 1. The standard InChI is InChI=1S/C17H21N2.2C6H18NSi2.Gd/c1-4-7-14-8-5-10-16(13(2)3)17(14)19-12-15-9-6-11-18-15;2*1-8(2,3)7-9(4,5)6;/h5-6,8-13H,4,7H2,1-3H3;2*1-6H3;/q3*-1;+3. The van der Waals surface area contributed by atoms with E-state index in [0.717, 1.165) is 24.2 Å². The normalized spacial score (nSPS) is 12.4. The monoisotopic (exact) mass is 731 g/mol. The van der Waals surface area contributed by atoms with Gasteiger partial charge in [0.15, 0.2) is 0 Å². The summed E-state index contributed by atoms with van der Waals surface area (Å²) in [7, 11) is -4.42. The Hall–Kier alpha value is 0.282. The molecule has 0 unspecified atom stereocenters. The third-order valence-electron chi connectivity index (χ3n) is 4.54. The van der Waals surface area contributed by atoms with Gasteiger partial charge in [-0.05, 0) is 23.5 Å². The van der Waals surface area contributed by atoms with Crippen molar-refractivity contribution in [2.24, 2.45) is 4.99 Å². The average Bonchev–Trinajstić information content (AvgIpc) is 3.15. The predicted molar refractivity (Wildman–Crippen MR) is 182 cm³/mol. The Bertz CT molecular complexity index is 868. The third-order valence-corrected chi connectivity index (χ3v) is 15.3. The van der Waals surface area contributed by atoms with E-state index in [-0.39, 0.29) is 39.9 Å². The van der Waals surface area contributed by atoms with Gasteiger partial charge in [-0.25, -0.2) is 0 Å². The van der Waals surface area contributed by atoms with Crippen LogP contribution in [-0.2, 0) is 6.42 Å². The Morgan fingerprint density at radius 3 is 1.55 bits per heavy atom. The number of para-hydroxylation sites is 1. The molecule has 1 aromatic carbocycles. The molecule has 9 heteroatoms. The molecule has 0 bridgehead atoms. The van der Waals surface area contributed by atoms with Gasteiger partial charge in [-0.15, -0.1) is 5.69 Å². The number of hydrogen-bond acceptors (Lipinski definition) is 1. The van der Waals surface area contributed by atoms with Crippen LogP contribution in [0.4, 0.5) is 5.69 Å². The van der Waals surface area contributed by atoms with E-state index in [0.29, 0.717) is 5.92 Å². The summed E-state index contributed by atoms with van der Waals surface area (Å²) < 4.78 is 9.64. The molecule has 38 heavy (non-hydrogen) atoms. The van der Waals surface area contributed by atoms with Gasteiger partial charge in [0.1, 0.15) is 0 Å². The van der Waals surface area contributed by atoms with Crippen molar-refractivity contribution in [1.82, 2.24) is 4.98 Å². The zero-order valence-electron chi connectivity index (χ0n) is 27.2. The SMILES string of the molecule is CCCc1cccc(C(C)C)c1N=Cc1ccc[n-]1.C[Si](C)(C)[N-][Si](C)(C)C.C[Si](C)(C)[N-][Si](C)(C)C.[Gd+3]. The molecule has 2 aromatic rings. The molecule has 2 rings (SSSR count). The van der Waals surface area contributed by atoms with E-state index in [1.54, 1.807) is 6.20 Å². The topological polar surface area (TPSA) is 54.7 Å². The maximum Gasteiger partial charge on any atom is 3.00 e. The third kappa shape index (κ3) is 22.0. The summed E-state index contributed by atoms with van der Waals surface area (Å²) in [5.41, 5.74) is 4.69. The van der Waals surface area contributed by atoms with Gasteiger partial charge in [-0.3, -0.25) is 4.99 Å². The second-order valence-electron chi connectivity index (χ2n) is 14.0. The first kappa shape index (κ1) is 40.4. The maximum atomic E-state index is 4.82. The Kier molecular flexibility index (Phi) is 19.1. The van der Waals surface area contributed by atoms with Crippen LogP contribution < -0.4 is 4.98 Å². The first-order valence-electron chi connectivity index (χ1n) is 13.9. The van der Waals surface area contributed by atoms with Crippen molar-refractivity contribution < 1.29 is 39.9 Å². The number of aromatic nitrogens is 1. The number of nitrogens with zero attached hydrogens (tertiary/aromatic N) is 4. The van der Waals surface area contributed by atoms with Crippen molar-refractivity contribution in [2.45, 2.75) is 118 Å². The minimum absolute atomic E-state index is 0. The van der Waals surface area contributed by atoms with Crippen LogP contribution in [0.5, 0.6) is 0 Å². The molecule has 0 saturated heterocycles. The molecule has 1 aromatic heterocycles. The Labute approximate surface area is 273 Å².